The van der Waals surface area contributed by atoms with E-state index in [4.69, 9.17) is 14.2 Å². The van der Waals surface area contributed by atoms with Crippen LogP contribution in [0.3, 0.4) is 0 Å². The lowest BCUT2D eigenvalue weighted by atomic mass is 9.95. The number of benzene rings is 3. The molecule has 0 spiro atoms. The standard InChI is InChI=1S/C33H23N3O7/c37-27(41-24-13-1-7-21-10-4-16-34-29(21)24)19-33(40,32(39)43-26-15-3-9-23-12-6-18-36-31(23)26)20-28(38)42-25-14-2-8-22-11-5-17-35-30(22)25/h1-18,40H,19-20H2. The van der Waals surface area contributed by atoms with E-state index in [9.17, 15) is 19.5 Å². The molecule has 43 heavy (non-hydrogen) atoms. The molecule has 0 atom stereocenters. The maximum Gasteiger partial charge on any atom is 0.344 e. The van der Waals surface area contributed by atoms with E-state index in [2.05, 4.69) is 15.0 Å². The molecule has 0 fully saturated rings. The molecule has 3 aromatic heterocycles. The maximum atomic E-state index is 13.5. The third-order valence-corrected chi connectivity index (χ3v) is 6.69. The molecule has 6 rings (SSSR count). The Morgan fingerprint density at radius 3 is 1.28 bits per heavy atom. The minimum Gasteiger partial charge on any atom is -0.424 e. The van der Waals surface area contributed by atoms with Crippen LogP contribution in [0.4, 0.5) is 0 Å². The van der Waals surface area contributed by atoms with E-state index in [0.29, 0.717) is 21.9 Å². The lowest BCUT2D eigenvalue weighted by Crippen LogP contribution is -2.47. The van der Waals surface area contributed by atoms with Crippen molar-refractivity contribution in [3.05, 3.63) is 110 Å². The number of fused-ring (bicyclic) bond motifs is 3. The fourth-order valence-electron chi connectivity index (χ4n) is 4.67. The molecule has 3 heterocycles. The zero-order chi connectivity index (χ0) is 29.8. The number of nitrogens with zero attached hydrogens (tertiary/aromatic N) is 3. The largest absolute Gasteiger partial charge is 0.424 e. The maximum absolute atomic E-state index is 13.5. The molecule has 1 N–H and O–H groups in total. The lowest BCUT2D eigenvalue weighted by molar-refractivity contribution is -0.166. The van der Waals surface area contributed by atoms with Gasteiger partial charge in [-0.2, -0.15) is 0 Å². The number of carbonyl (C=O) groups is 3. The zero-order valence-electron chi connectivity index (χ0n) is 22.5. The summed E-state index contributed by atoms with van der Waals surface area (Å²) >= 11 is 0. The van der Waals surface area contributed by atoms with Crippen molar-refractivity contribution < 1.29 is 33.7 Å². The fraction of sp³-hybridized carbons (Fsp3) is 0.0909. The van der Waals surface area contributed by atoms with Gasteiger partial charge in [-0.3, -0.25) is 24.5 Å². The van der Waals surface area contributed by atoms with E-state index in [0.717, 1.165) is 10.8 Å². The number of carbonyl (C=O) groups excluding carboxylic acids is 3. The van der Waals surface area contributed by atoms with Crippen molar-refractivity contribution >= 4 is 50.6 Å². The van der Waals surface area contributed by atoms with Crippen LogP contribution in [0.1, 0.15) is 12.8 Å². The molecule has 0 unspecified atom stereocenters. The fourth-order valence-corrected chi connectivity index (χ4v) is 4.67. The third kappa shape index (κ3) is 5.85. The molecule has 0 bridgehead atoms. The Bertz CT molecular complexity index is 1900. The van der Waals surface area contributed by atoms with Crippen LogP contribution >= 0.6 is 0 Å². The summed E-state index contributed by atoms with van der Waals surface area (Å²) in [7, 11) is 0. The number of esters is 3. The van der Waals surface area contributed by atoms with Gasteiger partial charge in [-0.05, 0) is 36.4 Å². The molecule has 0 saturated heterocycles. The van der Waals surface area contributed by atoms with Gasteiger partial charge in [-0.1, -0.05) is 54.6 Å². The summed E-state index contributed by atoms with van der Waals surface area (Å²) in [5, 5.41) is 13.7. The smallest absolute Gasteiger partial charge is 0.344 e. The second-order valence-corrected chi connectivity index (χ2v) is 9.72. The number of hydrogen-bond donors (Lipinski definition) is 1. The van der Waals surface area contributed by atoms with Crippen molar-refractivity contribution in [1.29, 1.82) is 0 Å². The van der Waals surface area contributed by atoms with Gasteiger partial charge in [0.05, 0.1) is 12.8 Å². The Morgan fingerprint density at radius 2 is 0.884 bits per heavy atom. The van der Waals surface area contributed by atoms with Crippen LogP contribution in [0.25, 0.3) is 32.7 Å². The van der Waals surface area contributed by atoms with Gasteiger partial charge in [-0.15, -0.1) is 0 Å². The number of aliphatic hydroxyl groups is 1. The normalized spacial score (nSPS) is 11.4. The number of rotatable bonds is 8. The molecule has 0 amide bonds. The molecule has 0 aliphatic rings. The number of ether oxygens (including phenoxy) is 3. The van der Waals surface area contributed by atoms with Crippen molar-refractivity contribution in [2.45, 2.75) is 18.4 Å². The Morgan fingerprint density at radius 1 is 0.535 bits per heavy atom. The molecule has 212 valence electrons. The number of hydrogen-bond acceptors (Lipinski definition) is 10. The van der Waals surface area contributed by atoms with Gasteiger partial charge in [0, 0.05) is 34.7 Å². The predicted octanol–water partition coefficient (Wildman–Crippen LogP) is 4.96. The second kappa shape index (κ2) is 11.6. The minimum absolute atomic E-state index is 0.0415. The van der Waals surface area contributed by atoms with Gasteiger partial charge in [0.25, 0.3) is 0 Å². The molecule has 10 nitrogen and oxygen atoms in total. The third-order valence-electron chi connectivity index (χ3n) is 6.69. The molecule has 0 aliphatic heterocycles. The summed E-state index contributed by atoms with van der Waals surface area (Å²) in [5.41, 5.74) is -1.49. The van der Waals surface area contributed by atoms with Crippen LogP contribution < -0.4 is 14.2 Å². The van der Waals surface area contributed by atoms with E-state index in [1.165, 1.54) is 24.4 Å². The monoisotopic (exact) mass is 573 g/mol. The molecule has 0 aliphatic carbocycles. The summed E-state index contributed by atoms with van der Waals surface area (Å²) in [6.45, 7) is 0. The topological polar surface area (TPSA) is 138 Å². The Balaban J connectivity index is 1.28. The van der Waals surface area contributed by atoms with E-state index in [-0.39, 0.29) is 17.2 Å². The highest BCUT2D eigenvalue weighted by Gasteiger charge is 2.44. The van der Waals surface area contributed by atoms with Crippen LogP contribution in [-0.4, -0.2) is 43.6 Å². The summed E-state index contributed by atoms with van der Waals surface area (Å²) in [6.07, 6.45) is 2.77. The van der Waals surface area contributed by atoms with E-state index >= 15 is 0 Å². The molecular weight excluding hydrogens is 550 g/mol. The Kier molecular flexibility index (Phi) is 7.42. The summed E-state index contributed by atoms with van der Waals surface area (Å²) in [4.78, 5) is 52.6. The van der Waals surface area contributed by atoms with Crippen molar-refractivity contribution in [1.82, 2.24) is 15.0 Å². The molecule has 10 heteroatoms. The SMILES string of the molecule is O=C(CC(O)(CC(=O)Oc1cccc2cccnc12)C(=O)Oc1cccc2cccnc12)Oc1cccc2cccnc12. The predicted molar refractivity (Wildman–Crippen MR) is 156 cm³/mol. The molecule has 6 aromatic rings. The van der Waals surface area contributed by atoms with E-state index < -0.39 is 36.4 Å². The average Bonchev–Trinajstić information content (AvgIpc) is 3.01. The average molecular weight is 574 g/mol. The molecule has 0 saturated carbocycles. The summed E-state index contributed by atoms with van der Waals surface area (Å²) < 4.78 is 16.6. The number of pyridine rings is 3. The molecular formula is C33H23N3O7. The van der Waals surface area contributed by atoms with Crippen molar-refractivity contribution in [3.63, 3.8) is 0 Å². The number of para-hydroxylation sites is 3. The highest BCUT2D eigenvalue weighted by molar-refractivity contribution is 5.95. The zero-order valence-corrected chi connectivity index (χ0v) is 22.5. The second-order valence-electron chi connectivity index (χ2n) is 9.72. The van der Waals surface area contributed by atoms with Crippen LogP contribution in [0.15, 0.2) is 110 Å². The first kappa shape index (κ1) is 27.4. The molecule has 3 aromatic carbocycles. The van der Waals surface area contributed by atoms with Crippen molar-refractivity contribution in [2.24, 2.45) is 0 Å². The summed E-state index contributed by atoms with van der Waals surface area (Å²) in [5.74, 6) is -2.95. The van der Waals surface area contributed by atoms with E-state index in [1.807, 2.05) is 0 Å². The van der Waals surface area contributed by atoms with Crippen LogP contribution in [0, 0.1) is 0 Å². The van der Waals surface area contributed by atoms with Gasteiger partial charge >= 0.3 is 17.9 Å². The summed E-state index contributed by atoms with van der Waals surface area (Å²) in [6, 6.07) is 25.5. The first-order chi connectivity index (χ1) is 20.9. The van der Waals surface area contributed by atoms with Gasteiger partial charge in [-0.25, -0.2) is 4.79 Å². The molecule has 0 radical (unpaired) electrons. The quantitative estimate of drug-likeness (QED) is 0.196. The first-order valence-electron chi connectivity index (χ1n) is 13.3. The van der Waals surface area contributed by atoms with Gasteiger partial charge in [0.1, 0.15) is 16.6 Å². The Labute approximate surface area is 244 Å². The van der Waals surface area contributed by atoms with Gasteiger partial charge in [0.2, 0.25) is 0 Å². The number of aromatic nitrogens is 3. The minimum atomic E-state index is -2.67. The van der Waals surface area contributed by atoms with Crippen LogP contribution in [0.2, 0.25) is 0 Å². The van der Waals surface area contributed by atoms with Crippen molar-refractivity contribution in [3.8, 4) is 17.2 Å². The van der Waals surface area contributed by atoms with Gasteiger partial charge in [0.15, 0.2) is 22.8 Å². The van der Waals surface area contributed by atoms with Crippen LogP contribution in [0.5, 0.6) is 17.2 Å². The Hall–Kier alpha value is -5.74. The lowest BCUT2D eigenvalue weighted by Gasteiger charge is -2.24. The highest BCUT2D eigenvalue weighted by Crippen LogP contribution is 2.30. The van der Waals surface area contributed by atoms with Crippen LogP contribution in [-0.2, 0) is 14.4 Å². The van der Waals surface area contributed by atoms with E-state index in [1.54, 1.807) is 85.2 Å². The van der Waals surface area contributed by atoms with Crippen molar-refractivity contribution in [2.75, 3.05) is 0 Å². The van der Waals surface area contributed by atoms with Gasteiger partial charge < -0.3 is 19.3 Å². The first-order valence-corrected chi connectivity index (χ1v) is 13.3. The highest BCUT2D eigenvalue weighted by atomic mass is 16.6.